The van der Waals surface area contributed by atoms with Crippen molar-refractivity contribution >= 4 is 33.2 Å². The highest BCUT2D eigenvalue weighted by atomic mass is 79.9. The van der Waals surface area contributed by atoms with Gasteiger partial charge in [0.15, 0.2) is 0 Å². The smallest absolute Gasteiger partial charge is 0.251 e. The molecule has 0 aliphatic heterocycles. The Kier molecular flexibility index (Phi) is 5.34. The van der Waals surface area contributed by atoms with Gasteiger partial charge in [0.25, 0.3) is 5.91 Å². The van der Waals surface area contributed by atoms with Crippen molar-refractivity contribution in [1.29, 1.82) is 0 Å². The van der Waals surface area contributed by atoms with E-state index in [1.807, 2.05) is 44.4 Å². The highest BCUT2D eigenvalue weighted by Crippen LogP contribution is 2.22. The highest BCUT2D eigenvalue weighted by molar-refractivity contribution is 9.10. The second-order valence-electron chi connectivity index (χ2n) is 4.72. The fraction of sp³-hybridized carbons (Fsp3) is 0.267. The molecule has 1 heterocycles. The van der Waals surface area contributed by atoms with Crippen molar-refractivity contribution < 1.29 is 4.79 Å². The number of carbonyl (C=O) groups excluding carboxylic acids is 1. The summed E-state index contributed by atoms with van der Waals surface area (Å²) in [6.45, 7) is 0.596. The minimum Gasteiger partial charge on any atom is -0.350 e. The van der Waals surface area contributed by atoms with E-state index in [2.05, 4.69) is 37.6 Å². The SMILES string of the molecule is CN(C)C(CNC(=O)c1cccc(Br)c1)c1cccs1. The molecule has 0 saturated carbocycles. The Morgan fingerprint density at radius 2 is 2.15 bits per heavy atom. The zero-order chi connectivity index (χ0) is 14.5. The van der Waals surface area contributed by atoms with E-state index in [-0.39, 0.29) is 11.9 Å². The molecule has 0 aliphatic carbocycles. The normalized spacial score (nSPS) is 12.4. The fourth-order valence-electron chi connectivity index (χ4n) is 1.94. The summed E-state index contributed by atoms with van der Waals surface area (Å²) in [5.41, 5.74) is 0.670. The van der Waals surface area contributed by atoms with Crippen molar-refractivity contribution in [1.82, 2.24) is 10.2 Å². The second-order valence-corrected chi connectivity index (χ2v) is 6.61. The van der Waals surface area contributed by atoms with E-state index in [1.54, 1.807) is 11.3 Å². The molecule has 20 heavy (non-hydrogen) atoms. The van der Waals surface area contributed by atoms with Crippen molar-refractivity contribution in [2.24, 2.45) is 0 Å². The largest absolute Gasteiger partial charge is 0.350 e. The lowest BCUT2D eigenvalue weighted by atomic mass is 10.2. The van der Waals surface area contributed by atoms with Crippen molar-refractivity contribution in [3.63, 3.8) is 0 Å². The summed E-state index contributed by atoms with van der Waals surface area (Å²) in [4.78, 5) is 15.5. The number of nitrogens with one attached hydrogen (secondary N) is 1. The molecule has 2 aromatic rings. The Morgan fingerprint density at radius 1 is 1.35 bits per heavy atom. The van der Waals surface area contributed by atoms with Gasteiger partial charge in [-0.25, -0.2) is 0 Å². The molecule has 1 aromatic heterocycles. The molecule has 5 heteroatoms. The number of rotatable bonds is 5. The molecule has 106 valence electrons. The monoisotopic (exact) mass is 352 g/mol. The number of thiophene rings is 1. The van der Waals surface area contributed by atoms with Crippen LogP contribution in [0.5, 0.6) is 0 Å². The van der Waals surface area contributed by atoms with Crippen LogP contribution in [0.15, 0.2) is 46.3 Å². The van der Waals surface area contributed by atoms with Crippen LogP contribution in [0.25, 0.3) is 0 Å². The van der Waals surface area contributed by atoms with E-state index in [4.69, 9.17) is 0 Å². The van der Waals surface area contributed by atoms with Crippen molar-refractivity contribution in [3.8, 4) is 0 Å². The number of benzene rings is 1. The number of hydrogen-bond donors (Lipinski definition) is 1. The van der Waals surface area contributed by atoms with Crippen LogP contribution < -0.4 is 5.32 Å². The average molecular weight is 353 g/mol. The number of nitrogens with zero attached hydrogens (tertiary/aromatic N) is 1. The number of amides is 1. The van der Waals surface area contributed by atoms with Crippen LogP contribution in [0.4, 0.5) is 0 Å². The summed E-state index contributed by atoms with van der Waals surface area (Å²) >= 11 is 5.09. The van der Waals surface area contributed by atoms with E-state index >= 15 is 0 Å². The van der Waals surface area contributed by atoms with Crippen molar-refractivity contribution in [2.45, 2.75) is 6.04 Å². The first kappa shape index (κ1) is 15.2. The molecule has 1 aromatic carbocycles. The minimum absolute atomic E-state index is 0.0466. The van der Waals surface area contributed by atoms with Crippen LogP contribution in [0.2, 0.25) is 0 Å². The van der Waals surface area contributed by atoms with Gasteiger partial charge in [-0.1, -0.05) is 28.1 Å². The summed E-state index contributed by atoms with van der Waals surface area (Å²) in [7, 11) is 4.05. The first-order valence-corrected chi connectivity index (χ1v) is 7.99. The van der Waals surface area contributed by atoms with Crippen molar-refractivity contribution in [2.75, 3.05) is 20.6 Å². The molecule has 0 bridgehead atoms. The predicted molar refractivity (Wildman–Crippen MR) is 87.2 cm³/mol. The van der Waals surface area contributed by atoms with Crippen LogP contribution >= 0.6 is 27.3 Å². The van der Waals surface area contributed by atoms with Gasteiger partial charge in [0.05, 0.1) is 6.04 Å². The summed E-state index contributed by atoms with van der Waals surface area (Å²) in [5, 5.41) is 5.06. The average Bonchev–Trinajstić information content (AvgIpc) is 2.92. The molecule has 0 spiro atoms. The highest BCUT2D eigenvalue weighted by Gasteiger charge is 2.16. The zero-order valence-electron chi connectivity index (χ0n) is 11.5. The maximum atomic E-state index is 12.1. The first-order chi connectivity index (χ1) is 9.58. The number of carbonyl (C=O) groups is 1. The predicted octanol–water partition coefficient (Wildman–Crippen LogP) is 3.54. The van der Waals surface area contributed by atoms with Crippen LogP contribution in [-0.2, 0) is 0 Å². The Balaban J connectivity index is 2.01. The van der Waals surface area contributed by atoms with Gasteiger partial charge in [0.1, 0.15) is 0 Å². The zero-order valence-corrected chi connectivity index (χ0v) is 13.9. The minimum atomic E-state index is -0.0466. The summed E-state index contributed by atoms with van der Waals surface area (Å²) < 4.78 is 0.910. The number of halogens is 1. The molecule has 0 radical (unpaired) electrons. The van der Waals surface area contributed by atoms with Crippen LogP contribution in [0, 0.1) is 0 Å². The summed E-state index contributed by atoms with van der Waals surface area (Å²) in [6, 6.07) is 11.7. The van der Waals surface area contributed by atoms with Gasteiger partial charge in [-0.2, -0.15) is 0 Å². The van der Waals surface area contributed by atoms with Gasteiger partial charge in [0.2, 0.25) is 0 Å². The molecule has 1 unspecified atom stereocenters. The third-order valence-corrected chi connectivity index (χ3v) is 4.50. The topological polar surface area (TPSA) is 32.3 Å². The third kappa shape index (κ3) is 3.91. The summed E-state index contributed by atoms with van der Waals surface area (Å²) in [5.74, 6) is -0.0466. The van der Waals surface area contributed by atoms with E-state index in [0.29, 0.717) is 12.1 Å². The lowest BCUT2D eigenvalue weighted by Crippen LogP contribution is -2.34. The lowest BCUT2D eigenvalue weighted by molar-refractivity contribution is 0.0942. The molecule has 1 atom stereocenters. The maximum Gasteiger partial charge on any atom is 0.251 e. The van der Waals surface area contributed by atoms with E-state index in [1.165, 1.54) is 4.88 Å². The molecule has 0 saturated heterocycles. The molecule has 1 amide bonds. The Bertz CT molecular complexity index is 569. The van der Waals surface area contributed by atoms with Gasteiger partial charge in [-0.05, 0) is 43.7 Å². The Morgan fingerprint density at radius 3 is 2.75 bits per heavy atom. The van der Waals surface area contributed by atoms with E-state index in [0.717, 1.165) is 4.47 Å². The second kappa shape index (κ2) is 7.02. The van der Waals surface area contributed by atoms with Crippen LogP contribution in [0.1, 0.15) is 21.3 Å². The number of likely N-dealkylation sites (N-methyl/N-ethyl adjacent to an activating group) is 1. The van der Waals surface area contributed by atoms with Crippen molar-refractivity contribution in [3.05, 3.63) is 56.7 Å². The molecule has 3 nitrogen and oxygen atoms in total. The van der Waals surface area contributed by atoms with Gasteiger partial charge in [-0.15, -0.1) is 11.3 Å². The summed E-state index contributed by atoms with van der Waals surface area (Å²) in [6.07, 6.45) is 0. The van der Waals surface area contributed by atoms with E-state index < -0.39 is 0 Å². The quantitative estimate of drug-likeness (QED) is 0.892. The van der Waals surface area contributed by atoms with Crippen LogP contribution in [0.3, 0.4) is 0 Å². The molecule has 0 aliphatic rings. The van der Waals surface area contributed by atoms with Gasteiger partial charge in [-0.3, -0.25) is 4.79 Å². The third-order valence-electron chi connectivity index (χ3n) is 3.04. The molecule has 0 fully saturated rings. The van der Waals surface area contributed by atoms with Gasteiger partial charge in [0, 0.05) is 21.5 Å². The number of hydrogen-bond acceptors (Lipinski definition) is 3. The Hall–Kier alpha value is -1.17. The Labute approximate surface area is 131 Å². The maximum absolute atomic E-state index is 12.1. The molecular weight excluding hydrogens is 336 g/mol. The van der Waals surface area contributed by atoms with Gasteiger partial charge < -0.3 is 10.2 Å². The van der Waals surface area contributed by atoms with Crippen LogP contribution in [-0.4, -0.2) is 31.4 Å². The molecular formula is C15H17BrN2OS. The molecule has 1 N–H and O–H groups in total. The lowest BCUT2D eigenvalue weighted by Gasteiger charge is -2.23. The van der Waals surface area contributed by atoms with E-state index in [9.17, 15) is 4.79 Å². The standard InChI is InChI=1S/C15H17BrN2OS/c1-18(2)13(14-7-4-8-20-14)10-17-15(19)11-5-3-6-12(16)9-11/h3-9,13H,10H2,1-2H3,(H,17,19). The fourth-order valence-corrected chi connectivity index (χ4v) is 3.26. The first-order valence-electron chi connectivity index (χ1n) is 6.31. The van der Waals surface area contributed by atoms with Gasteiger partial charge >= 0.3 is 0 Å². The molecule has 2 rings (SSSR count).